The second-order valence-corrected chi connectivity index (χ2v) is 13.2. The van der Waals surface area contributed by atoms with Crippen molar-refractivity contribution in [1.29, 1.82) is 0 Å². The molecule has 2 aromatic heterocycles. The van der Waals surface area contributed by atoms with Gasteiger partial charge in [0.25, 0.3) is 6.43 Å². The lowest BCUT2D eigenvalue weighted by atomic mass is 10.1. The van der Waals surface area contributed by atoms with E-state index in [1.54, 1.807) is 14.0 Å². The Kier molecular flexibility index (Phi) is 10.4. The first-order chi connectivity index (χ1) is 22.9. The predicted octanol–water partition coefficient (Wildman–Crippen LogP) is 5.95. The molecule has 0 bridgehead atoms. The quantitative estimate of drug-likeness (QED) is 0.0612. The predicted molar refractivity (Wildman–Crippen MR) is 173 cm³/mol. The highest BCUT2D eigenvalue weighted by Gasteiger charge is 2.30. The van der Waals surface area contributed by atoms with Crippen LogP contribution in [0.2, 0.25) is 0 Å². The molecule has 0 atom stereocenters. The van der Waals surface area contributed by atoms with Gasteiger partial charge in [-0.2, -0.15) is 0 Å². The molecular weight excluding hydrogens is 656 g/mol. The first-order valence-corrected chi connectivity index (χ1v) is 16.5. The molecule has 4 aromatic rings. The number of aromatic nitrogens is 2. The standard InChI is InChI=1S/C32H34F4N6O5S/c1-17-10-29(47-31-21(33)8-5-9-22(31)34)39-15-26(17)41-32(37)20(14-38-2)30(43)25-11-18-12-27(46-16-28(35)36)24(13-23(18)40-25)42-48(44,45)19-6-3-4-7-19/h5,8-13,15,19,28,38,40-42H,3-4,6-7,14,16,37H2,1-2H3/b32-20+. The summed E-state index contributed by atoms with van der Waals surface area (Å²) >= 11 is 0. The van der Waals surface area contributed by atoms with Gasteiger partial charge in [-0.1, -0.05) is 18.9 Å². The molecule has 11 nitrogen and oxygen atoms in total. The second kappa shape index (κ2) is 14.5. The molecule has 0 saturated heterocycles. The molecule has 2 heterocycles. The molecule has 2 aromatic carbocycles. The summed E-state index contributed by atoms with van der Waals surface area (Å²) in [5, 5.41) is 5.63. The fourth-order valence-corrected chi connectivity index (χ4v) is 6.92. The van der Waals surface area contributed by atoms with E-state index in [-0.39, 0.29) is 40.9 Å². The minimum Gasteiger partial charge on any atom is -0.485 e. The number of alkyl halides is 2. The van der Waals surface area contributed by atoms with Gasteiger partial charge in [-0.05, 0) is 62.7 Å². The van der Waals surface area contributed by atoms with Crippen LogP contribution in [-0.2, 0) is 10.0 Å². The van der Waals surface area contributed by atoms with Gasteiger partial charge in [-0.15, -0.1) is 0 Å². The van der Waals surface area contributed by atoms with Crippen LogP contribution < -0.4 is 30.6 Å². The maximum atomic E-state index is 14.0. The summed E-state index contributed by atoms with van der Waals surface area (Å²) in [6.07, 6.45) is 1.05. The summed E-state index contributed by atoms with van der Waals surface area (Å²) in [4.78, 5) is 20.8. The van der Waals surface area contributed by atoms with Crippen LogP contribution in [-0.4, -0.2) is 56.0 Å². The van der Waals surface area contributed by atoms with Crippen LogP contribution in [0.5, 0.6) is 17.4 Å². The number of H-pyrrole nitrogens is 1. The lowest BCUT2D eigenvalue weighted by molar-refractivity contribution is 0.0823. The van der Waals surface area contributed by atoms with Crippen molar-refractivity contribution in [3.8, 4) is 17.4 Å². The van der Waals surface area contributed by atoms with Crippen molar-refractivity contribution in [3.63, 3.8) is 0 Å². The molecule has 5 rings (SSSR count). The number of pyridine rings is 1. The maximum Gasteiger partial charge on any atom is 0.272 e. The van der Waals surface area contributed by atoms with Crippen LogP contribution in [0.3, 0.4) is 0 Å². The maximum absolute atomic E-state index is 14.0. The third-order valence-corrected chi connectivity index (χ3v) is 9.61. The van der Waals surface area contributed by atoms with Gasteiger partial charge in [-0.3, -0.25) is 9.52 Å². The van der Waals surface area contributed by atoms with Crippen LogP contribution >= 0.6 is 0 Å². The van der Waals surface area contributed by atoms with E-state index in [0.717, 1.165) is 25.0 Å². The number of anilines is 2. The van der Waals surface area contributed by atoms with Gasteiger partial charge in [0.2, 0.25) is 27.4 Å². The van der Waals surface area contributed by atoms with Crippen LogP contribution in [0.15, 0.2) is 60.1 Å². The number of nitrogens with one attached hydrogen (secondary N) is 4. The Morgan fingerprint density at radius 3 is 2.46 bits per heavy atom. The zero-order chi connectivity index (χ0) is 34.6. The number of fused-ring (bicyclic) bond motifs is 1. The number of ether oxygens (including phenoxy) is 2. The lowest BCUT2D eigenvalue weighted by Gasteiger charge is -2.17. The smallest absolute Gasteiger partial charge is 0.272 e. The molecule has 0 spiro atoms. The minimum atomic E-state index is -3.83. The number of benzene rings is 2. The molecule has 0 amide bonds. The summed E-state index contributed by atoms with van der Waals surface area (Å²) in [6, 6.07) is 9.01. The summed E-state index contributed by atoms with van der Waals surface area (Å²) in [5.41, 5.74) is 7.79. The lowest BCUT2D eigenvalue weighted by Crippen LogP contribution is -2.25. The van der Waals surface area contributed by atoms with Gasteiger partial charge in [0.15, 0.2) is 11.6 Å². The molecule has 256 valence electrons. The number of hydrogen-bond donors (Lipinski definition) is 5. The number of sulfonamides is 1. The highest BCUT2D eigenvalue weighted by atomic mass is 32.2. The molecule has 1 fully saturated rings. The van der Waals surface area contributed by atoms with E-state index in [1.165, 1.54) is 36.5 Å². The minimum absolute atomic E-state index is 0.0299. The van der Waals surface area contributed by atoms with Gasteiger partial charge in [0.1, 0.15) is 18.2 Å². The Morgan fingerprint density at radius 1 is 1.10 bits per heavy atom. The number of likely N-dealkylation sites (N-methyl/N-ethyl adjacent to an activating group) is 1. The summed E-state index contributed by atoms with van der Waals surface area (Å²) in [7, 11) is -2.21. The van der Waals surface area contributed by atoms with E-state index >= 15 is 0 Å². The van der Waals surface area contributed by atoms with Crippen LogP contribution in [0, 0.1) is 18.6 Å². The number of hydrogen-bond acceptors (Lipinski definition) is 9. The number of nitrogens with two attached hydrogens (primary N) is 1. The Bertz CT molecular complexity index is 1940. The Morgan fingerprint density at radius 2 is 1.81 bits per heavy atom. The molecule has 1 saturated carbocycles. The number of aryl methyl sites for hydroxylation is 1. The second-order valence-electron chi connectivity index (χ2n) is 11.2. The van der Waals surface area contributed by atoms with E-state index in [9.17, 15) is 30.8 Å². The zero-order valence-electron chi connectivity index (χ0n) is 26.0. The number of ketones is 1. The third-order valence-electron chi connectivity index (χ3n) is 7.76. The van der Waals surface area contributed by atoms with Crippen molar-refractivity contribution < 1.29 is 40.2 Å². The molecule has 48 heavy (non-hydrogen) atoms. The molecule has 6 N–H and O–H groups in total. The van der Waals surface area contributed by atoms with Crippen molar-refractivity contribution in [3.05, 3.63) is 82.9 Å². The van der Waals surface area contributed by atoms with E-state index in [0.29, 0.717) is 35.0 Å². The van der Waals surface area contributed by atoms with Gasteiger partial charge in [-0.25, -0.2) is 31.0 Å². The van der Waals surface area contributed by atoms with E-state index in [2.05, 4.69) is 25.3 Å². The van der Waals surface area contributed by atoms with Crippen molar-refractivity contribution in [2.24, 2.45) is 5.73 Å². The molecule has 0 radical (unpaired) electrons. The fraction of sp³-hybridized carbons (Fsp3) is 0.312. The van der Waals surface area contributed by atoms with Gasteiger partial charge in [0, 0.05) is 23.5 Å². The van der Waals surface area contributed by atoms with E-state index in [1.807, 2.05) is 0 Å². The van der Waals surface area contributed by atoms with Crippen molar-refractivity contribution in [2.75, 3.05) is 30.2 Å². The SMILES string of the molecule is CNC/C(C(=O)c1cc2cc(OCC(F)F)c(NS(=O)(=O)C3CCCC3)cc2[nH]1)=C(/N)Nc1cnc(Oc2c(F)cccc2F)cc1C. The highest BCUT2D eigenvalue weighted by Crippen LogP contribution is 2.35. The molecule has 0 unspecified atom stereocenters. The van der Waals surface area contributed by atoms with Crippen molar-refractivity contribution in [2.45, 2.75) is 44.3 Å². The first-order valence-electron chi connectivity index (χ1n) is 15.0. The summed E-state index contributed by atoms with van der Waals surface area (Å²) in [6.45, 7) is 0.742. The number of rotatable bonds is 14. The number of nitrogens with zero attached hydrogens (tertiary/aromatic N) is 1. The van der Waals surface area contributed by atoms with Gasteiger partial charge >= 0.3 is 0 Å². The van der Waals surface area contributed by atoms with E-state index < -0.39 is 51.5 Å². The van der Waals surface area contributed by atoms with Crippen molar-refractivity contribution >= 4 is 38.1 Å². The largest absolute Gasteiger partial charge is 0.485 e. The third kappa shape index (κ3) is 7.82. The summed E-state index contributed by atoms with van der Waals surface area (Å²) < 4.78 is 93.2. The average molecular weight is 691 g/mol. The molecule has 16 heteroatoms. The highest BCUT2D eigenvalue weighted by molar-refractivity contribution is 7.93. The molecule has 0 aliphatic heterocycles. The monoisotopic (exact) mass is 690 g/mol. The number of para-hydroxylation sites is 1. The van der Waals surface area contributed by atoms with E-state index in [4.69, 9.17) is 15.2 Å². The molecule has 1 aliphatic rings. The molecular formula is C32H34F4N6O5S. The van der Waals surface area contributed by atoms with Crippen LogP contribution in [0.25, 0.3) is 10.9 Å². The topological polar surface area (TPSA) is 160 Å². The van der Waals surface area contributed by atoms with Crippen LogP contribution in [0.1, 0.15) is 41.7 Å². The van der Waals surface area contributed by atoms with Gasteiger partial charge in [0.05, 0.1) is 34.1 Å². The van der Waals surface area contributed by atoms with Crippen LogP contribution in [0.4, 0.5) is 28.9 Å². The number of Topliss-reactive ketones (excluding diaryl/α,β-unsaturated/α-hetero) is 1. The Labute approximate surface area is 274 Å². The molecule has 1 aliphatic carbocycles. The zero-order valence-corrected chi connectivity index (χ0v) is 26.8. The number of aromatic amines is 1. The number of halogens is 4. The normalized spacial score (nSPS) is 14.3. The Balaban J connectivity index is 1.42. The van der Waals surface area contributed by atoms with Gasteiger partial charge < -0.3 is 30.8 Å². The van der Waals surface area contributed by atoms with Crippen molar-refractivity contribution in [1.82, 2.24) is 15.3 Å². The fourth-order valence-electron chi connectivity index (χ4n) is 5.33. The summed E-state index contributed by atoms with van der Waals surface area (Å²) in [5.74, 6) is -3.12. The number of carbonyl (C=O) groups is 1. The first kappa shape index (κ1) is 34.5. The number of carbonyl (C=O) groups excluding carboxylic acids is 1. The average Bonchev–Trinajstić information content (AvgIpc) is 3.72. The Hall–Kier alpha value is -4.83.